The molecule has 4 nitrogen and oxygen atoms in total. The molecule has 0 aromatic rings. The number of unbranched alkanes of at least 4 members (excludes halogenated alkanes) is 8. The van der Waals surface area contributed by atoms with Gasteiger partial charge < -0.3 is 10.2 Å². The van der Waals surface area contributed by atoms with Crippen molar-refractivity contribution >= 4 is 11.9 Å². The molecule has 19 heavy (non-hydrogen) atoms. The first-order valence-corrected chi connectivity index (χ1v) is 7.48. The van der Waals surface area contributed by atoms with E-state index in [1.807, 2.05) is 0 Å². The zero-order valence-electron chi connectivity index (χ0n) is 12.1. The summed E-state index contributed by atoms with van der Waals surface area (Å²) in [6.45, 7) is 1.76. The number of hydrogen-bond donors (Lipinski definition) is 2. The van der Waals surface area contributed by atoms with Crippen molar-refractivity contribution in [3.63, 3.8) is 0 Å². The molecule has 0 spiro atoms. The molecule has 0 aromatic heterocycles. The maximum atomic E-state index is 10.6. The number of hydrogen-bond acceptors (Lipinski definition) is 2. The van der Waals surface area contributed by atoms with Gasteiger partial charge in [-0.05, 0) is 12.8 Å². The maximum Gasteiger partial charge on any atom is 0.306 e. The third-order valence-electron chi connectivity index (χ3n) is 3.45. The van der Waals surface area contributed by atoms with E-state index in [1.165, 1.54) is 25.7 Å². The Kier molecular flexibility index (Phi) is 11.3. The van der Waals surface area contributed by atoms with Gasteiger partial charge in [-0.15, -0.1) is 0 Å². The van der Waals surface area contributed by atoms with E-state index in [2.05, 4.69) is 0 Å². The van der Waals surface area contributed by atoms with Crippen LogP contribution in [0.2, 0.25) is 0 Å². The van der Waals surface area contributed by atoms with Gasteiger partial charge in [0, 0.05) is 6.42 Å². The van der Waals surface area contributed by atoms with Crippen molar-refractivity contribution < 1.29 is 19.8 Å². The molecule has 0 fully saturated rings. The highest BCUT2D eigenvalue weighted by Crippen LogP contribution is 2.13. The molecule has 0 aliphatic carbocycles. The Morgan fingerprint density at radius 3 is 1.63 bits per heavy atom. The maximum absolute atomic E-state index is 10.6. The van der Waals surface area contributed by atoms with Gasteiger partial charge in [0.15, 0.2) is 0 Å². The van der Waals surface area contributed by atoms with Gasteiger partial charge in [0.1, 0.15) is 0 Å². The van der Waals surface area contributed by atoms with Crippen LogP contribution in [0, 0.1) is 5.92 Å². The molecule has 0 aliphatic heterocycles. The Morgan fingerprint density at radius 1 is 0.789 bits per heavy atom. The molecule has 0 aliphatic rings. The van der Waals surface area contributed by atoms with Gasteiger partial charge in [-0.2, -0.15) is 0 Å². The highest BCUT2D eigenvalue weighted by molar-refractivity contribution is 5.69. The number of carboxylic acids is 2. The van der Waals surface area contributed by atoms with Gasteiger partial charge in [0.2, 0.25) is 0 Å². The summed E-state index contributed by atoms with van der Waals surface area (Å²) in [4.78, 5) is 20.9. The predicted molar refractivity (Wildman–Crippen MR) is 75.2 cm³/mol. The van der Waals surface area contributed by atoms with Crippen molar-refractivity contribution in [2.45, 2.75) is 77.6 Å². The van der Waals surface area contributed by atoms with E-state index in [1.54, 1.807) is 6.92 Å². The fourth-order valence-electron chi connectivity index (χ4n) is 2.09. The zero-order chi connectivity index (χ0) is 14.5. The quantitative estimate of drug-likeness (QED) is 0.495. The minimum Gasteiger partial charge on any atom is -0.481 e. The summed E-state index contributed by atoms with van der Waals surface area (Å²) in [5.74, 6) is -1.61. The van der Waals surface area contributed by atoms with Crippen LogP contribution in [0.5, 0.6) is 0 Å². The van der Waals surface area contributed by atoms with Gasteiger partial charge >= 0.3 is 11.9 Å². The van der Waals surface area contributed by atoms with Crippen molar-refractivity contribution in [3.8, 4) is 0 Å². The molecule has 1 atom stereocenters. The summed E-state index contributed by atoms with van der Waals surface area (Å²) < 4.78 is 0. The Labute approximate surface area is 116 Å². The molecule has 0 aromatic carbocycles. The minimum atomic E-state index is -0.699. The van der Waals surface area contributed by atoms with Crippen molar-refractivity contribution in [2.24, 2.45) is 5.92 Å². The first-order chi connectivity index (χ1) is 9.04. The third kappa shape index (κ3) is 13.2. The van der Waals surface area contributed by atoms with E-state index in [-0.39, 0.29) is 5.92 Å². The number of carboxylic acid groups (broad SMARTS) is 2. The number of carbonyl (C=O) groups is 2. The lowest BCUT2D eigenvalue weighted by molar-refractivity contribution is -0.141. The van der Waals surface area contributed by atoms with Crippen molar-refractivity contribution in [1.29, 1.82) is 0 Å². The van der Waals surface area contributed by atoms with Crippen molar-refractivity contribution in [1.82, 2.24) is 0 Å². The average Bonchev–Trinajstić information content (AvgIpc) is 2.35. The van der Waals surface area contributed by atoms with E-state index < -0.39 is 11.9 Å². The molecule has 112 valence electrons. The van der Waals surface area contributed by atoms with E-state index in [0.29, 0.717) is 6.42 Å². The van der Waals surface area contributed by atoms with Crippen LogP contribution in [0.25, 0.3) is 0 Å². The van der Waals surface area contributed by atoms with E-state index in [0.717, 1.165) is 38.5 Å². The number of rotatable bonds is 13. The molecule has 0 heterocycles. The third-order valence-corrected chi connectivity index (χ3v) is 3.45. The molecular weight excluding hydrogens is 244 g/mol. The molecule has 0 amide bonds. The predicted octanol–water partition coefficient (Wildman–Crippen LogP) is 4.08. The molecule has 2 N–H and O–H groups in total. The SMILES string of the molecule is CC(CCCCCCCCCCCC(=O)O)C(=O)O. The second-order valence-electron chi connectivity index (χ2n) is 5.35. The molecule has 0 bridgehead atoms. The molecule has 0 radical (unpaired) electrons. The van der Waals surface area contributed by atoms with Gasteiger partial charge in [0.05, 0.1) is 5.92 Å². The fraction of sp³-hybridized carbons (Fsp3) is 0.867. The van der Waals surface area contributed by atoms with Crippen molar-refractivity contribution in [3.05, 3.63) is 0 Å². The highest BCUT2D eigenvalue weighted by atomic mass is 16.4. The van der Waals surface area contributed by atoms with Gasteiger partial charge in [-0.25, -0.2) is 0 Å². The van der Waals surface area contributed by atoms with Crippen LogP contribution >= 0.6 is 0 Å². The first-order valence-electron chi connectivity index (χ1n) is 7.48. The topological polar surface area (TPSA) is 74.6 Å². The van der Waals surface area contributed by atoms with Crippen LogP contribution in [-0.2, 0) is 9.59 Å². The van der Waals surface area contributed by atoms with E-state index in [9.17, 15) is 9.59 Å². The smallest absolute Gasteiger partial charge is 0.306 e. The Hall–Kier alpha value is -1.06. The Morgan fingerprint density at radius 2 is 1.21 bits per heavy atom. The van der Waals surface area contributed by atoms with Crippen LogP contribution in [-0.4, -0.2) is 22.2 Å². The first kappa shape index (κ1) is 17.9. The lowest BCUT2D eigenvalue weighted by atomic mass is 10.0. The fourth-order valence-corrected chi connectivity index (χ4v) is 2.09. The van der Waals surface area contributed by atoms with Crippen LogP contribution < -0.4 is 0 Å². The van der Waals surface area contributed by atoms with E-state index >= 15 is 0 Å². The van der Waals surface area contributed by atoms with Crippen LogP contribution in [0.4, 0.5) is 0 Å². The summed E-state index contributed by atoms with van der Waals surface area (Å²) in [7, 11) is 0. The zero-order valence-corrected chi connectivity index (χ0v) is 12.1. The summed E-state index contributed by atoms with van der Waals surface area (Å²) in [6.07, 6.45) is 10.9. The molecule has 4 heteroatoms. The van der Waals surface area contributed by atoms with Crippen LogP contribution in [0.3, 0.4) is 0 Å². The summed E-state index contributed by atoms with van der Waals surface area (Å²) in [5.41, 5.74) is 0. The summed E-state index contributed by atoms with van der Waals surface area (Å²) >= 11 is 0. The van der Waals surface area contributed by atoms with Gasteiger partial charge in [-0.3, -0.25) is 9.59 Å². The molecule has 0 saturated heterocycles. The lowest BCUT2D eigenvalue weighted by Gasteiger charge is -2.05. The molecular formula is C15H28O4. The minimum absolute atomic E-state index is 0.214. The molecule has 1 unspecified atom stereocenters. The average molecular weight is 272 g/mol. The highest BCUT2D eigenvalue weighted by Gasteiger charge is 2.09. The van der Waals surface area contributed by atoms with Crippen LogP contribution in [0.1, 0.15) is 77.6 Å². The molecule has 0 rings (SSSR count). The summed E-state index contributed by atoms with van der Waals surface area (Å²) in [6, 6.07) is 0. The second kappa shape index (κ2) is 12.0. The van der Waals surface area contributed by atoms with Crippen LogP contribution in [0.15, 0.2) is 0 Å². The standard InChI is InChI=1S/C15H28O4/c1-13(15(18)19)11-9-7-5-3-2-4-6-8-10-12-14(16)17/h13H,2-12H2,1H3,(H,16,17)(H,18,19). The normalized spacial score (nSPS) is 12.3. The number of aliphatic carboxylic acids is 2. The Balaban J connectivity index is 3.11. The summed E-state index contributed by atoms with van der Waals surface area (Å²) in [5, 5.41) is 17.2. The monoisotopic (exact) mass is 272 g/mol. The second-order valence-corrected chi connectivity index (χ2v) is 5.35. The lowest BCUT2D eigenvalue weighted by Crippen LogP contribution is -2.08. The van der Waals surface area contributed by atoms with Gasteiger partial charge in [0.25, 0.3) is 0 Å². The Bertz CT molecular complexity index is 251. The van der Waals surface area contributed by atoms with E-state index in [4.69, 9.17) is 10.2 Å². The van der Waals surface area contributed by atoms with Gasteiger partial charge in [-0.1, -0.05) is 58.3 Å². The van der Waals surface area contributed by atoms with Crippen molar-refractivity contribution in [2.75, 3.05) is 0 Å². The largest absolute Gasteiger partial charge is 0.481 e. The molecule has 0 saturated carbocycles.